The van der Waals surface area contributed by atoms with Gasteiger partial charge in [-0.05, 0) is 76.9 Å². The van der Waals surface area contributed by atoms with E-state index in [1.165, 1.54) is 47.6 Å². The van der Waals surface area contributed by atoms with Gasteiger partial charge in [-0.1, -0.05) is 24.3 Å². The van der Waals surface area contributed by atoms with Gasteiger partial charge in [-0.25, -0.2) is 14.4 Å². The van der Waals surface area contributed by atoms with E-state index in [1.807, 2.05) is 0 Å². The molecule has 0 aliphatic carbocycles. The highest BCUT2D eigenvalue weighted by Gasteiger charge is 2.32. The van der Waals surface area contributed by atoms with E-state index in [0.29, 0.717) is 11.3 Å². The second kappa shape index (κ2) is 10.1. The minimum Gasteiger partial charge on any atom is -0.478 e. The second-order valence-electron chi connectivity index (χ2n) is 9.39. The van der Waals surface area contributed by atoms with E-state index in [0.717, 1.165) is 5.56 Å². The highest BCUT2D eigenvalue weighted by atomic mass is 16.5. The molecule has 188 valence electrons. The van der Waals surface area contributed by atoms with Gasteiger partial charge in [0.25, 0.3) is 0 Å². The van der Waals surface area contributed by atoms with E-state index in [4.69, 9.17) is 14.2 Å². The van der Waals surface area contributed by atoms with Gasteiger partial charge in [0.15, 0.2) is 16.8 Å². The molecule has 0 fully saturated rings. The number of ether oxygens (including phenoxy) is 3. The van der Waals surface area contributed by atoms with E-state index >= 15 is 0 Å². The molecule has 0 aromatic heterocycles. The van der Waals surface area contributed by atoms with Crippen molar-refractivity contribution in [1.29, 1.82) is 0 Å². The Labute approximate surface area is 203 Å². The molecule has 0 spiro atoms. The molecule has 2 aromatic rings. The fourth-order valence-electron chi connectivity index (χ4n) is 2.66. The maximum atomic E-state index is 11.5. The smallest absolute Gasteiger partial charge is 0.347 e. The summed E-state index contributed by atoms with van der Waals surface area (Å²) in [6, 6.07) is 11.4. The van der Waals surface area contributed by atoms with E-state index in [1.54, 1.807) is 48.6 Å². The van der Waals surface area contributed by atoms with Crippen molar-refractivity contribution in [1.82, 2.24) is 0 Å². The lowest BCUT2D eigenvalue weighted by molar-refractivity contribution is -0.153. The first-order valence-corrected chi connectivity index (χ1v) is 10.7. The first kappa shape index (κ1) is 27.2. The number of hydrogen-bond donors (Lipinski definition) is 3. The quantitative estimate of drug-likeness (QED) is 0.389. The highest BCUT2D eigenvalue weighted by molar-refractivity contribution is 5.78. The third-order valence-electron chi connectivity index (χ3n) is 4.91. The predicted molar refractivity (Wildman–Crippen MR) is 129 cm³/mol. The summed E-state index contributed by atoms with van der Waals surface area (Å²) < 4.78 is 16.7. The molecular formula is C26H30O9. The molecule has 0 amide bonds. The van der Waals surface area contributed by atoms with Crippen molar-refractivity contribution >= 4 is 30.1 Å². The van der Waals surface area contributed by atoms with E-state index in [9.17, 15) is 29.7 Å². The van der Waals surface area contributed by atoms with Gasteiger partial charge in [-0.2, -0.15) is 0 Å². The summed E-state index contributed by atoms with van der Waals surface area (Å²) in [4.78, 5) is 34.2. The molecule has 9 heteroatoms. The Morgan fingerprint density at radius 2 is 0.914 bits per heavy atom. The largest absolute Gasteiger partial charge is 0.478 e. The van der Waals surface area contributed by atoms with Crippen LogP contribution in [-0.4, -0.2) is 50.0 Å². The van der Waals surface area contributed by atoms with Crippen LogP contribution in [0.25, 0.3) is 12.2 Å². The van der Waals surface area contributed by atoms with Gasteiger partial charge in [0.2, 0.25) is 0 Å². The predicted octanol–water partition coefficient (Wildman–Crippen LogP) is 4.58. The number of carbonyl (C=O) groups is 3. The Morgan fingerprint density at radius 1 is 0.571 bits per heavy atom. The lowest BCUT2D eigenvalue weighted by Gasteiger charge is -2.24. The zero-order chi connectivity index (χ0) is 26.6. The molecule has 0 saturated carbocycles. The van der Waals surface area contributed by atoms with E-state index < -0.39 is 34.7 Å². The fraction of sp³-hybridized carbons (Fsp3) is 0.346. The van der Waals surface area contributed by atoms with E-state index in [-0.39, 0.29) is 11.5 Å². The van der Waals surface area contributed by atoms with Crippen LogP contribution >= 0.6 is 0 Å². The molecule has 0 radical (unpaired) electrons. The standard InChI is InChI=1S/C26H30O9/c1-24(2,21(27)28)33-18-11-9-16(10-12-18)7-8-17-13-19(34-25(3,4)22(29)30)15-20(14-17)35-26(5,6)23(31)32/h7-15H,1-6H3,(H,27,28)(H,29,30)(H,31,32)/b8-7+. The highest BCUT2D eigenvalue weighted by Crippen LogP contribution is 2.30. The summed E-state index contributed by atoms with van der Waals surface area (Å²) in [6.07, 6.45) is 3.48. The molecule has 0 atom stereocenters. The van der Waals surface area contributed by atoms with Crippen LogP contribution < -0.4 is 14.2 Å². The molecule has 0 aliphatic rings. The number of rotatable bonds is 11. The first-order valence-electron chi connectivity index (χ1n) is 10.7. The van der Waals surface area contributed by atoms with Crippen LogP contribution in [0.4, 0.5) is 0 Å². The third kappa shape index (κ3) is 7.49. The van der Waals surface area contributed by atoms with Crippen LogP contribution in [0.15, 0.2) is 42.5 Å². The van der Waals surface area contributed by atoms with Crippen LogP contribution in [-0.2, 0) is 14.4 Å². The average molecular weight is 487 g/mol. The molecule has 0 heterocycles. The Hall–Kier alpha value is -4.01. The minimum absolute atomic E-state index is 0.190. The zero-order valence-electron chi connectivity index (χ0n) is 20.5. The van der Waals surface area contributed by atoms with Crippen LogP contribution in [0.3, 0.4) is 0 Å². The molecular weight excluding hydrogens is 456 g/mol. The average Bonchev–Trinajstić information content (AvgIpc) is 2.72. The second-order valence-corrected chi connectivity index (χ2v) is 9.39. The van der Waals surface area contributed by atoms with Crippen molar-refractivity contribution in [2.24, 2.45) is 0 Å². The number of aliphatic carboxylic acids is 3. The van der Waals surface area contributed by atoms with Gasteiger partial charge in [0.1, 0.15) is 17.2 Å². The lowest BCUT2D eigenvalue weighted by Crippen LogP contribution is -2.38. The summed E-state index contributed by atoms with van der Waals surface area (Å²) >= 11 is 0. The van der Waals surface area contributed by atoms with Crippen LogP contribution in [0, 0.1) is 0 Å². The maximum Gasteiger partial charge on any atom is 0.347 e. The molecule has 2 aromatic carbocycles. The molecule has 0 bridgehead atoms. The summed E-state index contributed by atoms with van der Waals surface area (Å²) in [6.45, 7) is 8.50. The first-order chi connectivity index (χ1) is 16.0. The summed E-state index contributed by atoms with van der Waals surface area (Å²) in [5.41, 5.74) is -3.08. The Bertz CT molecular complexity index is 1080. The van der Waals surface area contributed by atoms with Gasteiger partial charge < -0.3 is 29.5 Å². The van der Waals surface area contributed by atoms with Crippen molar-refractivity contribution in [3.05, 3.63) is 53.6 Å². The SMILES string of the molecule is CC(C)(Oc1ccc(/C=C/c2cc(OC(C)(C)C(=O)O)cc(OC(C)(C)C(=O)O)c2)cc1)C(=O)O. The van der Waals surface area contributed by atoms with Crippen molar-refractivity contribution < 1.29 is 43.9 Å². The van der Waals surface area contributed by atoms with Crippen molar-refractivity contribution in [3.8, 4) is 17.2 Å². The zero-order valence-corrected chi connectivity index (χ0v) is 20.5. The number of carboxylic acid groups (broad SMARTS) is 3. The monoisotopic (exact) mass is 486 g/mol. The van der Waals surface area contributed by atoms with Crippen LogP contribution in [0.2, 0.25) is 0 Å². The molecule has 35 heavy (non-hydrogen) atoms. The van der Waals surface area contributed by atoms with Gasteiger partial charge in [0, 0.05) is 6.07 Å². The van der Waals surface area contributed by atoms with Crippen molar-refractivity contribution in [2.75, 3.05) is 0 Å². The number of carboxylic acids is 3. The van der Waals surface area contributed by atoms with Gasteiger partial charge in [-0.15, -0.1) is 0 Å². The molecule has 0 aliphatic heterocycles. The van der Waals surface area contributed by atoms with Crippen molar-refractivity contribution in [3.63, 3.8) is 0 Å². The maximum absolute atomic E-state index is 11.5. The van der Waals surface area contributed by atoms with E-state index in [2.05, 4.69) is 0 Å². The summed E-state index contributed by atoms with van der Waals surface area (Å²) in [5, 5.41) is 28.0. The van der Waals surface area contributed by atoms with Crippen LogP contribution in [0.5, 0.6) is 17.2 Å². The summed E-state index contributed by atoms with van der Waals surface area (Å²) in [7, 11) is 0. The summed E-state index contributed by atoms with van der Waals surface area (Å²) in [5.74, 6) is -2.64. The molecule has 2 rings (SSSR count). The topological polar surface area (TPSA) is 140 Å². The number of benzene rings is 2. The van der Waals surface area contributed by atoms with Crippen LogP contribution in [0.1, 0.15) is 52.7 Å². The third-order valence-corrected chi connectivity index (χ3v) is 4.91. The molecule has 0 saturated heterocycles. The fourth-order valence-corrected chi connectivity index (χ4v) is 2.66. The van der Waals surface area contributed by atoms with Gasteiger partial charge in [0.05, 0.1) is 0 Å². The normalized spacial score (nSPS) is 12.3. The number of hydrogen-bond acceptors (Lipinski definition) is 6. The molecule has 0 unspecified atom stereocenters. The van der Waals surface area contributed by atoms with Gasteiger partial charge >= 0.3 is 17.9 Å². The van der Waals surface area contributed by atoms with Gasteiger partial charge in [-0.3, -0.25) is 0 Å². The molecule has 3 N–H and O–H groups in total. The molecule has 9 nitrogen and oxygen atoms in total. The minimum atomic E-state index is -1.53. The van der Waals surface area contributed by atoms with Crippen molar-refractivity contribution in [2.45, 2.75) is 58.3 Å². The Morgan fingerprint density at radius 3 is 1.29 bits per heavy atom. The Kier molecular flexibility index (Phi) is 7.85. The lowest BCUT2D eigenvalue weighted by atomic mass is 10.1. The Balaban J connectivity index is 2.34.